The third kappa shape index (κ3) is 4.14. The second-order valence-corrected chi connectivity index (χ2v) is 5.20. The molecule has 0 spiro atoms. The third-order valence-electron chi connectivity index (χ3n) is 3.73. The monoisotopic (exact) mass is 289 g/mol. The first kappa shape index (κ1) is 15.7. The molecule has 1 aliphatic carbocycles. The average Bonchev–Trinajstić information content (AvgIpc) is 2.58. The number of rotatable bonds is 5. The van der Waals surface area contributed by atoms with Crippen LogP contribution >= 0.6 is 0 Å². The van der Waals surface area contributed by atoms with E-state index in [2.05, 4.69) is 29.3 Å². The second-order valence-electron chi connectivity index (χ2n) is 5.20. The van der Waals surface area contributed by atoms with Crippen molar-refractivity contribution in [2.24, 2.45) is 0 Å². The van der Waals surface area contributed by atoms with Gasteiger partial charge in [-0.2, -0.15) is 0 Å². The van der Waals surface area contributed by atoms with Crippen LogP contribution in [0.15, 0.2) is 53.1 Å². The highest BCUT2D eigenvalue weighted by atomic mass is 16.1. The van der Waals surface area contributed by atoms with Gasteiger partial charge in [0.05, 0.1) is 6.54 Å². The van der Waals surface area contributed by atoms with Gasteiger partial charge < -0.3 is 5.32 Å². The number of amides is 1. The number of nitrogens with one attached hydrogen (secondary N) is 1. The molecule has 2 rings (SSSR count). The van der Waals surface area contributed by atoms with Crippen LogP contribution in [0.4, 0.5) is 0 Å². The molecule has 0 unspecified atom stereocenters. The van der Waals surface area contributed by atoms with Crippen LogP contribution in [0.3, 0.4) is 0 Å². The van der Waals surface area contributed by atoms with E-state index in [0.717, 1.165) is 36.8 Å². The van der Waals surface area contributed by atoms with E-state index in [1.807, 2.05) is 24.3 Å². The minimum Gasteiger partial charge on any atom is -0.341 e. The molecule has 22 heavy (non-hydrogen) atoms. The fourth-order valence-corrected chi connectivity index (χ4v) is 2.53. The van der Waals surface area contributed by atoms with Crippen LogP contribution in [0.1, 0.15) is 24.8 Å². The molecular weight excluding hydrogens is 270 g/mol. The number of hydrogen-bond acceptors (Lipinski definition) is 1. The Morgan fingerprint density at radius 3 is 2.59 bits per heavy atom. The van der Waals surface area contributed by atoms with Crippen LogP contribution in [-0.2, 0) is 11.2 Å². The van der Waals surface area contributed by atoms with E-state index in [1.54, 1.807) is 0 Å². The summed E-state index contributed by atoms with van der Waals surface area (Å²) in [5.74, 6) is 4.93. The first-order valence-electron chi connectivity index (χ1n) is 7.39. The Labute approximate surface area is 132 Å². The van der Waals surface area contributed by atoms with E-state index in [4.69, 9.17) is 12.8 Å². The smallest absolute Gasteiger partial charge is 0.252 e. The summed E-state index contributed by atoms with van der Waals surface area (Å²) in [4.78, 5) is 12.3. The summed E-state index contributed by atoms with van der Waals surface area (Å²) in [6.45, 7) is 0.230. The van der Waals surface area contributed by atoms with Crippen molar-refractivity contribution in [1.29, 1.82) is 0 Å². The van der Waals surface area contributed by atoms with Crippen molar-refractivity contribution in [2.45, 2.75) is 25.7 Å². The Balaban J connectivity index is 2.17. The van der Waals surface area contributed by atoms with Gasteiger partial charge in [0, 0.05) is 11.1 Å². The van der Waals surface area contributed by atoms with Crippen molar-refractivity contribution in [3.05, 3.63) is 58.7 Å². The summed E-state index contributed by atoms with van der Waals surface area (Å²) in [6.07, 6.45) is 15.9. The Morgan fingerprint density at radius 2 is 1.91 bits per heavy atom. The summed E-state index contributed by atoms with van der Waals surface area (Å²) in [7, 11) is 0. The number of terminal acetylenes is 2. The SMILES string of the molecule is C#CCNC(=O)C1=C(CCc2ccccc2)CCC(C#C)=C1. The third-order valence-corrected chi connectivity index (χ3v) is 3.73. The van der Waals surface area contributed by atoms with Gasteiger partial charge in [0.15, 0.2) is 0 Å². The lowest BCUT2D eigenvalue weighted by Crippen LogP contribution is -2.26. The molecule has 2 heteroatoms. The van der Waals surface area contributed by atoms with E-state index < -0.39 is 0 Å². The van der Waals surface area contributed by atoms with Crippen LogP contribution in [0.5, 0.6) is 0 Å². The Bertz CT molecular complexity index is 681. The van der Waals surface area contributed by atoms with Gasteiger partial charge in [0.25, 0.3) is 5.91 Å². The zero-order valence-corrected chi connectivity index (χ0v) is 12.6. The number of hydrogen-bond donors (Lipinski definition) is 1. The molecule has 0 heterocycles. The molecule has 0 bridgehead atoms. The maximum absolute atomic E-state index is 12.3. The number of allylic oxidation sites excluding steroid dienone is 2. The number of aryl methyl sites for hydroxylation is 1. The van der Waals surface area contributed by atoms with Gasteiger partial charge in [0.1, 0.15) is 0 Å². The summed E-state index contributed by atoms with van der Waals surface area (Å²) >= 11 is 0. The normalized spacial score (nSPS) is 13.8. The van der Waals surface area contributed by atoms with Gasteiger partial charge >= 0.3 is 0 Å². The Hall–Kier alpha value is -2.71. The topological polar surface area (TPSA) is 29.1 Å². The quantitative estimate of drug-likeness (QED) is 0.830. The van der Waals surface area contributed by atoms with Crippen molar-refractivity contribution in [3.8, 4) is 24.7 Å². The molecule has 0 saturated carbocycles. The van der Waals surface area contributed by atoms with E-state index in [0.29, 0.717) is 5.57 Å². The molecule has 0 aromatic heterocycles. The Morgan fingerprint density at radius 1 is 1.14 bits per heavy atom. The minimum atomic E-state index is -0.131. The second kappa shape index (κ2) is 7.91. The van der Waals surface area contributed by atoms with Crippen LogP contribution in [-0.4, -0.2) is 12.5 Å². The average molecular weight is 289 g/mol. The summed E-state index contributed by atoms with van der Waals surface area (Å²) in [5, 5.41) is 2.73. The number of benzene rings is 1. The molecule has 0 radical (unpaired) electrons. The van der Waals surface area contributed by atoms with Crippen molar-refractivity contribution < 1.29 is 4.79 Å². The molecule has 2 nitrogen and oxygen atoms in total. The number of carbonyl (C=O) groups excluding carboxylic acids is 1. The highest BCUT2D eigenvalue weighted by molar-refractivity contribution is 5.97. The minimum absolute atomic E-state index is 0.131. The highest BCUT2D eigenvalue weighted by Crippen LogP contribution is 2.27. The van der Waals surface area contributed by atoms with E-state index in [1.165, 1.54) is 5.56 Å². The predicted molar refractivity (Wildman–Crippen MR) is 89.8 cm³/mol. The molecule has 0 fully saturated rings. The van der Waals surface area contributed by atoms with Crippen molar-refractivity contribution in [2.75, 3.05) is 6.54 Å². The first-order chi connectivity index (χ1) is 10.7. The molecule has 0 atom stereocenters. The van der Waals surface area contributed by atoms with Crippen LogP contribution in [0.25, 0.3) is 0 Å². The van der Waals surface area contributed by atoms with E-state index in [9.17, 15) is 4.79 Å². The fraction of sp³-hybridized carbons (Fsp3) is 0.250. The maximum atomic E-state index is 12.3. The summed E-state index contributed by atoms with van der Waals surface area (Å²) in [5.41, 5.74) is 3.97. The summed E-state index contributed by atoms with van der Waals surface area (Å²) < 4.78 is 0. The molecule has 1 amide bonds. The molecular formula is C20H19NO. The van der Waals surface area contributed by atoms with Gasteiger partial charge in [-0.25, -0.2) is 0 Å². The maximum Gasteiger partial charge on any atom is 0.252 e. The van der Waals surface area contributed by atoms with Crippen LogP contribution in [0.2, 0.25) is 0 Å². The first-order valence-corrected chi connectivity index (χ1v) is 7.39. The predicted octanol–water partition coefficient (Wildman–Crippen LogP) is 3.02. The van der Waals surface area contributed by atoms with Gasteiger partial charge in [-0.05, 0) is 37.3 Å². The van der Waals surface area contributed by atoms with Gasteiger partial charge in [-0.15, -0.1) is 12.8 Å². The molecule has 0 aliphatic heterocycles. The van der Waals surface area contributed by atoms with Gasteiger partial charge in [0.2, 0.25) is 0 Å². The molecule has 1 aliphatic rings. The fourth-order valence-electron chi connectivity index (χ4n) is 2.53. The lowest BCUT2D eigenvalue weighted by atomic mass is 9.88. The summed E-state index contributed by atoms with van der Waals surface area (Å²) in [6, 6.07) is 10.3. The molecule has 1 N–H and O–H groups in total. The van der Waals surface area contributed by atoms with Gasteiger partial charge in [-0.3, -0.25) is 4.79 Å². The van der Waals surface area contributed by atoms with E-state index >= 15 is 0 Å². The standard InChI is InChI=1S/C20H19NO/c1-3-14-21-20(22)19-15-16(4-2)10-12-18(19)13-11-17-8-6-5-7-9-17/h1-2,5-9,15H,10-14H2,(H,21,22). The molecule has 1 aromatic carbocycles. The zero-order valence-electron chi connectivity index (χ0n) is 12.6. The lowest BCUT2D eigenvalue weighted by molar-refractivity contribution is -0.117. The van der Waals surface area contributed by atoms with E-state index in [-0.39, 0.29) is 12.5 Å². The Kier molecular flexibility index (Phi) is 5.64. The van der Waals surface area contributed by atoms with Crippen molar-refractivity contribution in [3.63, 3.8) is 0 Å². The van der Waals surface area contributed by atoms with Crippen molar-refractivity contribution in [1.82, 2.24) is 5.32 Å². The zero-order chi connectivity index (χ0) is 15.8. The van der Waals surface area contributed by atoms with Crippen molar-refractivity contribution >= 4 is 5.91 Å². The highest BCUT2D eigenvalue weighted by Gasteiger charge is 2.18. The molecule has 0 saturated heterocycles. The van der Waals surface area contributed by atoms with Crippen LogP contribution in [0, 0.1) is 24.7 Å². The largest absolute Gasteiger partial charge is 0.341 e. The van der Waals surface area contributed by atoms with Gasteiger partial charge in [-0.1, -0.05) is 47.7 Å². The van der Waals surface area contributed by atoms with Crippen LogP contribution < -0.4 is 5.32 Å². The molecule has 1 aromatic rings. The molecule has 110 valence electrons. The lowest BCUT2D eigenvalue weighted by Gasteiger charge is -2.18. The number of carbonyl (C=O) groups is 1.